The maximum atomic E-state index is 9.45. The minimum atomic E-state index is -0.0250. The highest BCUT2D eigenvalue weighted by Crippen LogP contribution is 2.30. The van der Waals surface area contributed by atoms with Crippen LogP contribution in [0.3, 0.4) is 0 Å². The van der Waals surface area contributed by atoms with Crippen molar-refractivity contribution in [2.75, 3.05) is 6.26 Å². The summed E-state index contributed by atoms with van der Waals surface area (Å²) in [6.45, 7) is 0. The Labute approximate surface area is 97.2 Å². The van der Waals surface area contributed by atoms with Crippen molar-refractivity contribution in [2.24, 2.45) is 0 Å². The number of nitrogens with one attached hydrogen (secondary N) is 1. The molecule has 0 heterocycles. The summed E-state index contributed by atoms with van der Waals surface area (Å²) in [5, 5.41) is 14.1. The summed E-state index contributed by atoms with van der Waals surface area (Å²) in [5.41, 5.74) is 0. The van der Waals surface area contributed by atoms with Crippen LogP contribution in [0.1, 0.15) is 44.9 Å². The molecule has 2 aliphatic carbocycles. The summed E-state index contributed by atoms with van der Waals surface area (Å²) in [6, 6.07) is 1.41. The van der Waals surface area contributed by atoms with Crippen molar-refractivity contribution >= 4 is 11.8 Å². The minimum absolute atomic E-state index is 0.0250. The highest BCUT2D eigenvalue weighted by atomic mass is 32.2. The molecular weight excluding hydrogens is 206 g/mol. The first kappa shape index (κ1) is 11.7. The standard InChI is InChI=1S/C12H23NOS/c1-15-12-4-2-3-11(12)13-9-5-7-10(14)8-6-9/h9-14H,2-8H2,1H3. The zero-order valence-corrected chi connectivity index (χ0v) is 10.4. The van der Waals surface area contributed by atoms with Crippen LogP contribution in [-0.2, 0) is 0 Å². The van der Waals surface area contributed by atoms with Gasteiger partial charge >= 0.3 is 0 Å². The van der Waals surface area contributed by atoms with Crippen LogP contribution in [0.2, 0.25) is 0 Å². The lowest BCUT2D eigenvalue weighted by atomic mass is 9.92. The molecule has 0 aromatic heterocycles. The highest BCUT2D eigenvalue weighted by molar-refractivity contribution is 7.99. The fourth-order valence-corrected chi connectivity index (χ4v) is 3.89. The van der Waals surface area contributed by atoms with Crippen LogP contribution in [0.25, 0.3) is 0 Å². The molecule has 2 unspecified atom stereocenters. The molecule has 88 valence electrons. The van der Waals surface area contributed by atoms with Gasteiger partial charge in [0.25, 0.3) is 0 Å². The lowest BCUT2D eigenvalue weighted by Gasteiger charge is -2.30. The molecule has 2 atom stereocenters. The molecule has 2 aliphatic rings. The van der Waals surface area contributed by atoms with Crippen LogP contribution in [0.4, 0.5) is 0 Å². The second-order valence-electron chi connectivity index (χ2n) is 4.98. The Morgan fingerprint density at radius 2 is 1.80 bits per heavy atom. The lowest BCUT2D eigenvalue weighted by Crippen LogP contribution is -2.43. The molecule has 0 radical (unpaired) electrons. The number of thioether (sulfide) groups is 1. The van der Waals surface area contributed by atoms with E-state index < -0.39 is 0 Å². The molecule has 0 aliphatic heterocycles. The summed E-state index contributed by atoms with van der Waals surface area (Å²) in [5.74, 6) is 0. The minimum Gasteiger partial charge on any atom is -0.393 e. The van der Waals surface area contributed by atoms with Crippen LogP contribution in [-0.4, -0.2) is 34.8 Å². The third-order valence-electron chi connectivity index (χ3n) is 3.90. The van der Waals surface area contributed by atoms with E-state index in [9.17, 15) is 5.11 Å². The van der Waals surface area contributed by atoms with Crippen molar-refractivity contribution in [3.63, 3.8) is 0 Å². The first-order chi connectivity index (χ1) is 7.29. The molecule has 0 aromatic carbocycles. The number of aliphatic hydroxyl groups is 1. The lowest BCUT2D eigenvalue weighted by molar-refractivity contribution is 0.114. The zero-order chi connectivity index (χ0) is 10.7. The summed E-state index contributed by atoms with van der Waals surface area (Å²) in [6.07, 6.45) is 10.6. The second kappa shape index (κ2) is 5.55. The van der Waals surface area contributed by atoms with Crippen molar-refractivity contribution in [3.05, 3.63) is 0 Å². The first-order valence-corrected chi connectivity index (χ1v) is 7.55. The molecule has 2 saturated carbocycles. The first-order valence-electron chi connectivity index (χ1n) is 6.26. The monoisotopic (exact) mass is 229 g/mol. The van der Waals surface area contributed by atoms with Gasteiger partial charge in [-0.25, -0.2) is 0 Å². The van der Waals surface area contributed by atoms with Crippen molar-refractivity contribution in [3.8, 4) is 0 Å². The number of hydrogen-bond donors (Lipinski definition) is 2. The normalized spacial score (nSPS) is 42.0. The van der Waals surface area contributed by atoms with E-state index >= 15 is 0 Å². The van der Waals surface area contributed by atoms with Gasteiger partial charge < -0.3 is 10.4 Å². The Morgan fingerprint density at radius 3 is 2.47 bits per heavy atom. The van der Waals surface area contributed by atoms with Gasteiger partial charge in [0.1, 0.15) is 0 Å². The molecule has 0 saturated heterocycles. The molecule has 2 fully saturated rings. The molecule has 0 aromatic rings. The van der Waals surface area contributed by atoms with Gasteiger partial charge in [0.05, 0.1) is 6.10 Å². The van der Waals surface area contributed by atoms with Gasteiger partial charge in [0, 0.05) is 17.3 Å². The van der Waals surface area contributed by atoms with E-state index in [0.717, 1.165) is 24.1 Å². The average Bonchev–Trinajstić information content (AvgIpc) is 2.69. The zero-order valence-electron chi connectivity index (χ0n) is 9.61. The van der Waals surface area contributed by atoms with Gasteiger partial charge in [0.2, 0.25) is 0 Å². The Kier molecular flexibility index (Phi) is 4.35. The second-order valence-corrected chi connectivity index (χ2v) is 6.06. The molecule has 2 N–H and O–H groups in total. The topological polar surface area (TPSA) is 32.3 Å². The Morgan fingerprint density at radius 1 is 1.07 bits per heavy atom. The van der Waals surface area contributed by atoms with E-state index in [4.69, 9.17) is 0 Å². The summed E-state index contributed by atoms with van der Waals surface area (Å²) in [4.78, 5) is 0. The van der Waals surface area contributed by atoms with Crippen molar-refractivity contribution in [2.45, 2.75) is 68.4 Å². The fraction of sp³-hybridized carbons (Fsp3) is 1.00. The summed E-state index contributed by atoms with van der Waals surface area (Å²) >= 11 is 2.02. The van der Waals surface area contributed by atoms with Crippen molar-refractivity contribution in [1.29, 1.82) is 0 Å². The maximum Gasteiger partial charge on any atom is 0.0541 e. The quantitative estimate of drug-likeness (QED) is 0.778. The Bertz CT molecular complexity index is 192. The summed E-state index contributed by atoms with van der Waals surface area (Å²) in [7, 11) is 0. The smallest absolute Gasteiger partial charge is 0.0541 e. The van der Waals surface area contributed by atoms with Crippen molar-refractivity contribution < 1.29 is 5.11 Å². The average molecular weight is 229 g/mol. The summed E-state index contributed by atoms with van der Waals surface area (Å²) < 4.78 is 0. The van der Waals surface area contributed by atoms with Gasteiger partial charge in [-0.15, -0.1) is 0 Å². The Balaban J connectivity index is 1.76. The molecular formula is C12H23NOS. The number of rotatable bonds is 3. The SMILES string of the molecule is CSC1CCCC1NC1CCC(O)CC1. The van der Waals surface area contributed by atoms with E-state index in [2.05, 4.69) is 11.6 Å². The van der Waals surface area contributed by atoms with E-state index in [-0.39, 0.29) is 6.10 Å². The third kappa shape index (κ3) is 3.11. The molecule has 0 spiro atoms. The number of hydrogen-bond acceptors (Lipinski definition) is 3. The largest absolute Gasteiger partial charge is 0.393 e. The van der Waals surface area contributed by atoms with Crippen LogP contribution in [0.5, 0.6) is 0 Å². The van der Waals surface area contributed by atoms with E-state index in [1.165, 1.54) is 32.1 Å². The fourth-order valence-electron chi connectivity index (χ4n) is 2.94. The van der Waals surface area contributed by atoms with Gasteiger partial charge in [-0.2, -0.15) is 11.8 Å². The van der Waals surface area contributed by atoms with Crippen LogP contribution >= 0.6 is 11.8 Å². The third-order valence-corrected chi connectivity index (χ3v) is 5.07. The molecule has 0 amide bonds. The van der Waals surface area contributed by atoms with E-state index in [1.54, 1.807) is 0 Å². The number of aliphatic hydroxyl groups excluding tert-OH is 1. The Hall–Kier alpha value is 0.270. The van der Waals surface area contributed by atoms with Gasteiger partial charge in [-0.05, 0) is 44.8 Å². The molecule has 15 heavy (non-hydrogen) atoms. The van der Waals surface area contributed by atoms with Gasteiger partial charge in [-0.1, -0.05) is 6.42 Å². The van der Waals surface area contributed by atoms with Crippen LogP contribution in [0.15, 0.2) is 0 Å². The van der Waals surface area contributed by atoms with Crippen LogP contribution in [0, 0.1) is 0 Å². The van der Waals surface area contributed by atoms with Gasteiger partial charge in [0.15, 0.2) is 0 Å². The van der Waals surface area contributed by atoms with Crippen LogP contribution < -0.4 is 5.32 Å². The maximum absolute atomic E-state index is 9.45. The molecule has 2 nitrogen and oxygen atoms in total. The molecule has 3 heteroatoms. The predicted octanol–water partition coefficient (Wildman–Crippen LogP) is 2.16. The van der Waals surface area contributed by atoms with Crippen molar-refractivity contribution in [1.82, 2.24) is 5.32 Å². The van der Waals surface area contributed by atoms with E-state index in [1.807, 2.05) is 11.8 Å². The molecule has 0 bridgehead atoms. The van der Waals surface area contributed by atoms with E-state index in [0.29, 0.717) is 6.04 Å². The highest BCUT2D eigenvalue weighted by Gasteiger charge is 2.29. The predicted molar refractivity (Wildman–Crippen MR) is 66.3 cm³/mol. The molecule has 2 rings (SSSR count). The van der Waals surface area contributed by atoms with Gasteiger partial charge in [-0.3, -0.25) is 0 Å².